The zero-order chi connectivity index (χ0) is 11.3. The number of hydrogen-bond acceptors (Lipinski definition) is 6. The maximum Gasteiger partial charge on any atom is 0.362 e. The van der Waals surface area contributed by atoms with Crippen molar-refractivity contribution in [2.45, 2.75) is 5.33 Å². The maximum atomic E-state index is 11.4. The molecule has 0 unspecified atom stereocenters. The Balaban J connectivity index is 3.10. The molecule has 1 aromatic heterocycles. The van der Waals surface area contributed by atoms with E-state index in [2.05, 4.69) is 35.6 Å². The highest BCUT2D eigenvalue weighted by Crippen LogP contribution is 2.18. The van der Waals surface area contributed by atoms with Crippen LogP contribution in [-0.2, 0) is 19.7 Å². The first-order chi connectivity index (χ1) is 7.24. The molecule has 0 bridgehead atoms. The second-order valence-corrected chi connectivity index (χ2v) is 3.87. The summed E-state index contributed by atoms with van der Waals surface area (Å²) in [6.07, 6.45) is 0. The molecule has 0 saturated carbocycles. The van der Waals surface area contributed by atoms with E-state index in [-0.39, 0.29) is 5.71 Å². The van der Waals surface area contributed by atoms with Gasteiger partial charge in [-0.05, 0) is 0 Å². The molecule has 0 aliphatic heterocycles. The van der Waals surface area contributed by atoms with Crippen molar-refractivity contribution in [3.8, 4) is 0 Å². The van der Waals surface area contributed by atoms with E-state index in [1.165, 1.54) is 25.6 Å². The van der Waals surface area contributed by atoms with Crippen LogP contribution in [0.3, 0.4) is 0 Å². The number of ether oxygens (including phenoxy) is 1. The number of aromatic nitrogens is 1. The van der Waals surface area contributed by atoms with Crippen molar-refractivity contribution in [1.82, 2.24) is 4.98 Å². The SMILES string of the molecule is CON=C(C(=O)OC)c1ncsc1CBr. The van der Waals surface area contributed by atoms with E-state index in [9.17, 15) is 4.79 Å². The number of alkyl halides is 1. The molecular formula is C8H9BrN2O3S. The zero-order valence-corrected chi connectivity index (χ0v) is 10.6. The largest absolute Gasteiger partial charge is 0.464 e. The molecule has 0 radical (unpaired) electrons. The van der Waals surface area contributed by atoms with E-state index < -0.39 is 5.97 Å². The van der Waals surface area contributed by atoms with Crippen LogP contribution < -0.4 is 0 Å². The Morgan fingerprint density at radius 3 is 2.93 bits per heavy atom. The number of carbonyl (C=O) groups is 1. The lowest BCUT2D eigenvalue weighted by Crippen LogP contribution is -2.19. The quantitative estimate of drug-likeness (QED) is 0.366. The van der Waals surface area contributed by atoms with Gasteiger partial charge in [0.2, 0.25) is 5.71 Å². The van der Waals surface area contributed by atoms with E-state index in [1.807, 2.05) is 0 Å². The van der Waals surface area contributed by atoms with Crippen molar-refractivity contribution < 1.29 is 14.4 Å². The normalized spacial score (nSPS) is 11.3. The first kappa shape index (κ1) is 12.1. The van der Waals surface area contributed by atoms with Crippen molar-refractivity contribution in [3.63, 3.8) is 0 Å². The third-order valence-corrected chi connectivity index (χ3v) is 3.31. The third-order valence-electron chi connectivity index (χ3n) is 1.55. The van der Waals surface area contributed by atoms with Crippen molar-refractivity contribution in [3.05, 3.63) is 16.1 Å². The van der Waals surface area contributed by atoms with E-state index in [0.29, 0.717) is 11.0 Å². The van der Waals surface area contributed by atoms with Crippen LogP contribution in [0.2, 0.25) is 0 Å². The van der Waals surface area contributed by atoms with Gasteiger partial charge in [-0.3, -0.25) is 0 Å². The number of rotatable bonds is 4. The van der Waals surface area contributed by atoms with Crippen LogP contribution >= 0.6 is 27.3 Å². The van der Waals surface area contributed by atoms with Crippen LogP contribution in [0.25, 0.3) is 0 Å². The minimum Gasteiger partial charge on any atom is -0.464 e. The van der Waals surface area contributed by atoms with Crippen LogP contribution in [0.5, 0.6) is 0 Å². The molecule has 0 aromatic carbocycles. The fourth-order valence-corrected chi connectivity index (χ4v) is 2.20. The van der Waals surface area contributed by atoms with Crippen molar-refractivity contribution in [2.24, 2.45) is 5.16 Å². The number of esters is 1. The topological polar surface area (TPSA) is 60.8 Å². The van der Waals surface area contributed by atoms with E-state index in [1.54, 1.807) is 5.51 Å². The summed E-state index contributed by atoms with van der Waals surface area (Å²) in [7, 11) is 2.65. The van der Waals surface area contributed by atoms with Gasteiger partial charge in [0.15, 0.2) is 0 Å². The molecule has 15 heavy (non-hydrogen) atoms. The highest BCUT2D eigenvalue weighted by molar-refractivity contribution is 9.08. The lowest BCUT2D eigenvalue weighted by atomic mass is 10.2. The predicted molar refractivity (Wildman–Crippen MR) is 60.3 cm³/mol. The van der Waals surface area contributed by atoms with Gasteiger partial charge in [0, 0.05) is 10.2 Å². The Morgan fingerprint density at radius 1 is 1.67 bits per heavy atom. The molecule has 0 N–H and O–H groups in total. The first-order valence-corrected chi connectivity index (χ1v) is 5.92. The Hall–Kier alpha value is -0.950. The summed E-state index contributed by atoms with van der Waals surface area (Å²) >= 11 is 4.73. The summed E-state index contributed by atoms with van der Waals surface area (Å²) in [6, 6.07) is 0. The molecule has 0 saturated heterocycles. The molecule has 1 aromatic rings. The minimum absolute atomic E-state index is 0.0794. The van der Waals surface area contributed by atoms with Crippen LogP contribution in [-0.4, -0.2) is 30.9 Å². The first-order valence-electron chi connectivity index (χ1n) is 3.92. The van der Waals surface area contributed by atoms with Gasteiger partial charge < -0.3 is 9.57 Å². The number of carbonyl (C=O) groups excluding carboxylic acids is 1. The van der Waals surface area contributed by atoms with Gasteiger partial charge in [-0.25, -0.2) is 9.78 Å². The average Bonchev–Trinajstić information content (AvgIpc) is 2.72. The van der Waals surface area contributed by atoms with Gasteiger partial charge in [-0.15, -0.1) is 11.3 Å². The molecule has 0 spiro atoms. The number of oxime groups is 1. The number of methoxy groups -OCH3 is 1. The summed E-state index contributed by atoms with van der Waals surface area (Å²) in [5, 5.41) is 4.22. The van der Waals surface area contributed by atoms with Gasteiger partial charge >= 0.3 is 5.97 Å². The number of nitrogens with zero attached hydrogens (tertiary/aromatic N) is 2. The minimum atomic E-state index is -0.565. The Bertz CT molecular complexity index is 378. The van der Waals surface area contributed by atoms with Crippen LogP contribution in [0.4, 0.5) is 0 Å². The molecule has 0 aliphatic carbocycles. The summed E-state index contributed by atoms with van der Waals surface area (Å²) in [5.41, 5.74) is 2.21. The van der Waals surface area contributed by atoms with Crippen molar-refractivity contribution in [1.29, 1.82) is 0 Å². The fraction of sp³-hybridized carbons (Fsp3) is 0.375. The molecule has 82 valence electrons. The Labute approximate surface area is 99.2 Å². The van der Waals surface area contributed by atoms with Gasteiger partial charge in [-0.2, -0.15) is 0 Å². The molecule has 0 aliphatic rings. The summed E-state index contributed by atoms with van der Waals surface area (Å²) < 4.78 is 4.59. The third kappa shape index (κ3) is 2.75. The van der Waals surface area contributed by atoms with Crippen molar-refractivity contribution in [2.75, 3.05) is 14.2 Å². The molecular weight excluding hydrogens is 284 g/mol. The molecule has 7 heteroatoms. The van der Waals surface area contributed by atoms with Gasteiger partial charge in [0.1, 0.15) is 12.8 Å². The predicted octanol–water partition coefficient (Wildman–Crippen LogP) is 1.56. The second kappa shape index (κ2) is 5.82. The standard InChI is InChI=1S/C8H9BrN2O3S/c1-13-8(12)7(11-14-2)6-5(3-9)15-4-10-6/h4H,3H2,1-2H3. The summed E-state index contributed by atoms with van der Waals surface area (Å²) in [6.45, 7) is 0. The zero-order valence-electron chi connectivity index (χ0n) is 8.19. The van der Waals surface area contributed by atoms with E-state index in [4.69, 9.17) is 0 Å². The highest BCUT2D eigenvalue weighted by Gasteiger charge is 2.21. The van der Waals surface area contributed by atoms with Crippen LogP contribution in [0.1, 0.15) is 10.6 Å². The second-order valence-electron chi connectivity index (χ2n) is 2.37. The fourth-order valence-electron chi connectivity index (χ4n) is 0.924. The molecule has 0 fully saturated rings. The van der Waals surface area contributed by atoms with Gasteiger partial charge in [0.05, 0.1) is 12.6 Å². The molecule has 0 amide bonds. The molecule has 1 heterocycles. The number of thiazole rings is 1. The van der Waals surface area contributed by atoms with Gasteiger partial charge in [0.25, 0.3) is 0 Å². The van der Waals surface area contributed by atoms with Crippen LogP contribution in [0.15, 0.2) is 10.7 Å². The summed E-state index contributed by atoms with van der Waals surface area (Å²) in [5.74, 6) is -0.565. The highest BCUT2D eigenvalue weighted by atomic mass is 79.9. The summed E-state index contributed by atoms with van der Waals surface area (Å²) in [4.78, 5) is 20.9. The Morgan fingerprint density at radius 2 is 2.40 bits per heavy atom. The van der Waals surface area contributed by atoms with E-state index >= 15 is 0 Å². The lowest BCUT2D eigenvalue weighted by Gasteiger charge is -2.01. The smallest absolute Gasteiger partial charge is 0.362 e. The van der Waals surface area contributed by atoms with Crippen LogP contribution in [0, 0.1) is 0 Å². The molecule has 0 atom stereocenters. The van der Waals surface area contributed by atoms with Gasteiger partial charge in [-0.1, -0.05) is 21.1 Å². The monoisotopic (exact) mass is 292 g/mol. The Kier molecular flexibility index (Phi) is 4.70. The number of halogens is 1. The molecule has 5 nitrogen and oxygen atoms in total. The maximum absolute atomic E-state index is 11.4. The molecule has 1 rings (SSSR count). The number of hydrogen-bond donors (Lipinski definition) is 0. The van der Waals surface area contributed by atoms with Crippen molar-refractivity contribution >= 4 is 38.9 Å². The lowest BCUT2D eigenvalue weighted by molar-refractivity contribution is -0.132. The van der Waals surface area contributed by atoms with E-state index in [0.717, 1.165) is 4.88 Å². The average molecular weight is 293 g/mol.